The van der Waals surface area contributed by atoms with Gasteiger partial charge < -0.3 is 10.4 Å². The number of amides is 1. The molecule has 0 saturated carbocycles. The van der Waals surface area contributed by atoms with Crippen LogP contribution < -0.4 is 10.6 Å². The predicted molar refractivity (Wildman–Crippen MR) is 91.0 cm³/mol. The third kappa shape index (κ3) is 3.91. The highest BCUT2D eigenvalue weighted by atomic mass is 127. The average Bonchev–Trinajstić information content (AvgIpc) is 2.38. The van der Waals surface area contributed by atoms with Crippen LogP contribution in [0.2, 0.25) is 0 Å². The zero-order chi connectivity index (χ0) is 14.5. The van der Waals surface area contributed by atoms with Crippen LogP contribution in [0, 0.1) is 3.57 Å². The summed E-state index contributed by atoms with van der Waals surface area (Å²) in [6, 6.07) is 13.7. The maximum absolute atomic E-state index is 12.0. The van der Waals surface area contributed by atoms with Crippen molar-refractivity contribution in [2.45, 2.75) is 0 Å². The summed E-state index contributed by atoms with van der Waals surface area (Å²) in [6.07, 6.45) is 0. The Hall–Kier alpha value is -1.67. The number of halogens is 1. The van der Waals surface area contributed by atoms with E-state index in [0.29, 0.717) is 11.3 Å². The summed E-state index contributed by atoms with van der Waals surface area (Å²) in [7, 11) is 0. The minimum absolute atomic E-state index is 0.127. The van der Waals surface area contributed by atoms with E-state index < -0.39 is 0 Å². The van der Waals surface area contributed by atoms with Gasteiger partial charge in [0.05, 0.1) is 5.56 Å². The van der Waals surface area contributed by atoms with Crippen molar-refractivity contribution >= 4 is 51.5 Å². The van der Waals surface area contributed by atoms with Crippen LogP contribution in [0.25, 0.3) is 0 Å². The van der Waals surface area contributed by atoms with Gasteiger partial charge in [-0.1, -0.05) is 18.2 Å². The van der Waals surface area contributed by atoms with E-state index in [0.717, 1.165) is 3.57 Å². The molecule has 0 radical (unpaired) electrons. The minimum atomic E-state index is -0.271. The molecule has 0 atom stereocenters. The first-order valence-electron chi connectivity index (χ1n) is 5.72. The molecule has 0 aliphatic heterocycles. The highest BCUT2D eigenvalue weighted by Gasteiger charge is 2.10. The molecule has 1 amide bonds. The van der Waals surface area contributed by atoms with E-state index in [1.54, 1.807) is 30.3 Å². The Labute approximate surface area is 135 Å². The van der Waals surface area contributed by atoms with Crippen molar-refractivity contribution in [2.75, 3.05) is 5.32 Å². The third-order valence-corrected chi connectivity index (χ3v) is 3.59. The van der Waals surface area contributed by atoms with Crippen molar-refractivity contribution in [1.82, 2.24) is 5.32 Å². The topological polar surface area (TPSA) is 61.4 Å². The summed E-state index contributed by atoms with van der Waals surface area (Å²) in [6.45, 7) is 0. The number of anilines is 1. The molecular formula is C14H11IN2O2S. The van der Waals surface area contributed by atoms with Gasteiger partial charge in [0.1, 0.15) is 5.75 Å². The van der Waals surface area contributed by atoms with Crippen molar-refractivity contribution in [3.63, 3.8) is 0 Å². The normalized spacial score (nSPS) is 9.85. The van der Waals surface area contributed by atoms with Crippen molar-refractivity contribution in [2.24, 2.45) is 0 Å². The van der Waals surface area contributed by atoms with Crippen molar-refractivity contribution in [3.05, 3.63) is 57.7 Å². The molecule has 3 N–H and O–H groups in total. The maximum atomic E-state index is 12.0. The fourth-order valence-electron chi connectivity index (χ4n) is 1.56. The lowest BCUT2D eigenvalue weighted by Crippen LogP contribution is -2.34. The summed E-state index contributed by atoms with van der Waals surface area (Å²) < 4.78 is 0.850. The Morgan fingerprint density at radius 2 is 1.90 bits per heavy atom. The van der Waals surface area contributed by atoms with Gasteiger partial charge >= 0.3 is 0 Å². The number of nitrogens with one attached hydrogen (secondary N) is 2. The smallest absolute Gasteiger partial charge is 0.258 e. The second kappa shape index (κ2) is 6.67. The molecule has 0 aliphatic carbocycles. The van der Waals surface area contributed by atoms with Crippen LogP contribution in [0.3, 0.4) is 0 Å². The van der Waals surface area contributed by atoms with Crippen LogP contribution in [0.5, 0.6) is 5.75 Å². The Balaban J connectivity index is 2.02. The molecule has 4 nitrogen and oxygen atoms in total. The first-order chi connectivity index (χ1) is 9.56. The fraction of sp³-hybridized carbons (Fsp3) is 0. The highest BCUT2D eigenvalue weighted by Crippen LogP contribution is 2.15. The van der Waals surface area contributed by atoms with Gasteiger partial charge in [-0.3, -0.25) is 10.1 Å². The number of hydrogen-bond donors (Lipinski definition) is 3. The lowest BCUT2D eigenvalue weighted by molar-refractivity contribution is 0.0977. The zero-order valence-electron chi connectivity index (χ0n) is 10.3. The number of phenolic OH excluding ortho intramolecular Hbond substituents is 1. The summed E-state index contributed by atoms with van der Waals surface area (Å²) in [5, 5.41) is 15.0. The Morgan fingerprint density at radius 1 is 1.15 bits per heavy atom. The van der Waals surface area contributed by atoms with E-state index in [1.807, 2.05) is 12.1 Å². The second-order valence-corrected chi connectivity index (χ2v) is 5.51. The van der Waals surface area contributed by atoms with E-state index >= 15 is 0 Å². The van der Waals surface area contributed by atoms with Gasteiger partial charge in [0.15, 0.2) is 5.11 Å². The van der Waals surface area contributed by atoms with Crippen molar-refractivity contribution in [3.8, 4) is 5.75 Å². The van der Waals surface area contributed by atoms with E-state index in [4.69, 9.17) is 12.2 Å². The number of thiocarbonyl (C=S) groups is 1. The van der Waals surface area contributed by atoms with E-state index in [2.05, 4.69) is 33.2 Å². The fourth-order valence-corrected chi connectivity index (χ4v) is 2.40. The van der Waals surface area contributed by atoms with Gasteiger partial charge in [-0.2, -0.15) is 0 Å². The number of benzene rings is 2. The van der Waals surface area contributed by atoms with Crippen molar-refractivity contribution < 1.29 is 9.90 Å². The molecule has 0 unspecified atom stereocenters. The van der Waals surface area contributed by atoms with E-state index in [9.17, 15) is 9.90 Å². The second-order valence-electron chi connectivity index (χ2n) is 3.94. The monoisotopic (exact) mass is 398 g/mol. The summed E-state index contributed by atoms with van der Waals surface area (Å²) in [5.41, 5.74) is 1.17. The van der Waals surface area contributed by atoms with Crippen LogP contribution in [0.4, 0.5) is 5.69 Å². The molecule has 2 rings (SSSR count). The van der Waals surface area contributed by atoms with Crippen LogP contribution in [-0.2, 0) is 0 Å². The number of aromatic hydroxyl groups is 1. The molecular weight excluding hydrogens is 387 g/mol. The lowest BCUT2D eigenvalue weighted by Gasteiger charge is -2.10. The molecule has 20 heavy (non-hydrogen) atoms. The predicted octanol–water partition coefficient (Wildman–Crippen LogP) is 3.12. The molecule has 0 saturated heterocycles. The Morgan fingerprint density at radius 3 is 2.60 bits per heavy atom. The first-order valence-corrected chi connectivity index (χ1v) is 7.21. The number of hydrogen-bond acceptors (Lipinski definition) is 3. The molecule has 0 aromatic heterocycles. The van der Waals surface area contributed by atoms with Gasteiger partial charge in [-0.05, 0) is 59.1 Å². The van der Waals surface area contributed by atoms with Crippen LogP contribution in [0.15, 0.2) is 48.5 Å². The van der Waals surface area contributed by atoms with Gasteiger partial charge in [0.25, 0.3) is 5.91 Å². The van der Waals surface area contributed by atoms with Crippen LogP contribution in [-0.4, -0.2) is 16.1 Å². The largest absolute Gasteiger partial charge is 0.508 e. The highest BCUT2D eigenvalue weighted by molar-refractivity contribution is 14.1. The lowest BCUT2D eigenvalue weighted by atomic mass is 10.2. The molecule has 6 heteroatoms. The quantitative estimate of drug-likeness (QED) is 0.538. The van der Waals surface area contributed by atoms with Crippen LogP contribution >= 0.6 is 34.8 Å². The molecule has 0 spiro atoms. The van der Waals surface area contributed by atoms with E-state index in [-0.39, 0.29) is 16.8 Å². The molecule has 2 aromatic rings. The summed E-state index contributed by atoms with van der Waals surface area (Å²) in [5.74, 6) is -0.144. The van der Waals surface area contributed by atoms with Gasteiger partial charge in [0.2, 0.25) is 0 Å². The number of carbonyl (C=O) groups is 1. The van der Waals surface area contributed by atoms with Crippen LogP contribution in [0.1, 0.15) is 10.4 Å². The molecule has 102 valence electrons. The van der Waals surface area contributed by atoms with E-state index in [1.165, 1.54) is 6.07 Å². The zero-order valence-corrected chi connectivity index (χ0v) is 13.2. The molecule has 0 fully saturated rings. The summed E-state index contributed by atoms with van der Waals surface area (Å²) >= 11 is 7.16. The SMILES string of the molecule is O=C(NC(=S)Nc1cccc(O)c1)c1ccccc1I. The standard InChI is InChI=1S/C14H11IN2O2S/c15-12-7-2-1-6-11(12)13(19)17-14(20)16-9-4-3-5-10(18)8-9/h1-8,18H,(H2,16,17,19,20). The Bertz CT molecular complexity index is 661. The number of rotatable bonds is 2. The van der Waals surface area contributed by atoms with Gasteiger partial charge in [0, 0.05) is 15.3 Å². The third-order valence-electron chi connectivity index (χ3n) is 2.45. The van der Waals surface area contributed by atoms with Crippen molar-refractivity contribution in [1.29, 1.82) is 0 Å². The minimum Gasteiger partial charge on any atom is -0.508 e. The number of carbonyl (C=O) groups excluding carboxylic acids is 1. The maximum Gasteiger partial charge on any atom is 0.258 e. The molecule has 0 aliphatic rings. The first kappa shape index (κ1) is 14.7. The molecule has 2 aromatic carbocycles. The summed E-state index contributed by atoms with van der Waals surface area (Å²) in [4.78, 5) is 12.0. The average molecular weight is 398 g/mol. The Kier molecular flexibility index (Phi) is 4.91. The molecule has 0 heterocycles. The van der Waals surface area contributed by atoms with Gasteiger partial charge in [-0.15, -0.1) is 0 Å². The molecule has 0 bridgehead atoms. The van der Waals surface area contributed by atoms with Gasteiger partial charge in [-0.25, -0.2) is 0 Å². The number of phenols is 1.